The Morgan fingerprint density at radius 3 is 2.21 bits per heavy atom. The van der Waals surface area contributed by atoms with Gasteiger partial charge in [-0.3, -0.25) is 14.4 Å². The van der Waals surface area contributed by atoms with E-state index in [1.54, 1.807) is 29.3 Å². The number of imide groups is 1. The lowest BCUT2D eigenvalue weighted by atomic mass is 9.90. The van der Waals surface area contributed by atoms with Crippen LogP contribution in [0, 0.1) is 5.92 Å². The molecule has 2 aliphatic rings. The maximum Gasteiger partial charge on any atom is 0.266 e. The number of hydrogen-bond acceptors (Lipinski definition) is 4. The van der Waals surface area contributed by atoms with Gasteiger partial charge < -0.3 is 0 Å². The molecule has 3 atom stereocenters. The first-order valence-electron chi connectivity index (χ1n) is 10.9. The normalized spacial score (nSPS) is 22.0. The van der Waals surface area contributed by atoms with Crippen LogP contribution >= 0.6 is 23.2 Å². The molecular formula is C27H18Cl2N2O3. The molecule has 0 saturated carbocycles. The van der Waals surface area contributed by atoms with Gasteiger partial charge in [-0.15, -0.1) is 0 Å². The van der Waals surface area contributed by atoms with Crippen molar-refractivity contribution in [1.82, 2.24) is 0 Å². The fourth-order valence-corrected chi connectivity index (χ4v) is 5.36. The Labute approximate surface area is 206 Å². The van der Waals surface area contributed by atoms with Crippen molar-refractivity contribution < 1.29 is 14.4 Å². The summed E-state index contributed by atoms with van der Waals surface area (Å²) >= 11 is 12.7. The molecule has 0 aromatic heterocycles. The molecule has 168 valence electrons. The molecule has 0 unspecified atom stereocenters. The minimum absolute atomic E-state index is 0.320. The van der Waals surface area contributed by atoms with E-state index in [0.717, 1.165) is 16.5 Å². The number of hydroxylamine groups is 1. The van der Waals surface area contributed by atoms with Crippen molar-refractivity contribution in [2.75, 3.05) is 9.96 Å². The van der Waals surface area contributed by atoms with E-state index >= 15 is 0 Å². The van der Waals surface area contributed by atoms with E-state index in [2.05, 4.69) is 0 Å². The SMILES string of the molecule is O=C1[C@H]2[C@@H](ON(c3ccccc3)[C@H]2c2ccc(Cl)cc2Cl)C(=O)N1c1ccc2ccccc2c1. The van der Waals surface area contributed by atoms with E-state index in [1.165, 1.54) is 4.90 Å². The average molecular weight is 489 g/mol. The van der Waals surface area contributed by atoms with Crippen molar-refractivity contribution >= 4 is 57.2 Å². The van der Waals surface area contributed by atoms with Gasteiger partial charge in [-0.05, 0) is 52.7 Å². The summed E-state index contributed by atoms with van der Waals surface area (Å²) in [6.45, 7) is 0. The van der Waals surface area contributed by atoms with Crippen molar-refractivity contribution in [3.63, 3.8) is 0 Å². The van der Waals surface area contributed by atoms with Crippen LogP contribution in [-0.2, 0) is 14.4 Å². The molecule has 7 heteroatoms. The van der Waals surface area contributed by atoms with Gasteiger partial charge in [0.2, 0.25) is 5.91 Å². The van der Waals surface area contributed by atoms with Gasteiger partial charge in [0, 0.05) is 10.0 Å². The fraction of sp³-hybridized carbons (Fsp3) is 0.111. The monoisotopic (exact) mass is 488 g/mol. The van der Waals surface area contributed by atoms with E-state index in [4.69, 9.17) is 28.0 Å². The molecule has 0 aliphatic carbocycles. The summed E-state index contributed by atoms with van der Waals surface area (Å²) < 4.78 is 0. The highest BCUT2D eigenvalue weighted by Gasteiger charge is 2.60. The first kappa shape index (κ1) is 21.2. The molecule has 2 saturated heterocycles. The van der Waals surface area contributed by atoms with Gasteiger partial charge >= 0.3 is 0 Å². The van der Waals surface area contributed by atoms with Gasteiger partial charge in [-0.25, -0.2) is 9.96 Å². The summed E-state index contributed by atoms with van der Waals surface area (Å²) in [7, 11) is 0. The number of para-hydroxylation sites is 1. The molecule has 2 amide bonds. The van der Waals surface area contributed by atoms with Crippen molar-refractivity contribution in [2.24, 2.45) is 5.92 Å². The van der Waals surface area contributed by atoms with E-state index in [0.29, 0.717) is 21.3 Å². The molecule has 2 fully saturated rings. The van der Waals surface area contributed by atoms with Gasteiger partial charge in [0.1, 0.15) is 5.92 Å². The zero-order chi connectivity index (χ0) is 23.4. The molecule has 0 bridgehead atoms. The average Bonchev–Trinajstić information content (AvgIpc) is 3.35. The van der Waals surface area contributed by atoms with Gasteiger partial charge in [-0.2, -0.15) is 0 Å². The molecular weight excluding hydrogens is 471 g/mol. The van der Waals surface area contributed by atoms with Crippen LogP contribution in [0.4, 0.5) is 11.4 Å². The van der Waals surface area contributed by atoms with Crippen LogP contribution in [0.1, 0.15) is 11.6 Å². The second kappa shape index (κ2) is 8.13. The van der Waals surface area contributed by atoms with Crippen LogP contribution in [0.3, 0.4) is 0 Å². The van der Waals surface area contributed by atoms with Crippen molar-refractivity contribution in [2.45, 2.75) is 12.1 Å². The van der Waals surface area contributed by atoms with Gasteiger partial charge in [0.25, 0.3) is 5.91 Å². The smallest absolute Gasteiger partial charge is 0.266 e. The molecule has 2 aliphatic heterocycles. The summed E-state index contributed by atoms with van der Waals surface area (Å²) in [6, 6.07) is 27.3. The number of carbonyl (C=O) groups is 2. The van der Waals surface area contributed by atoms with E-state index in [1.807, 2.05) is 66.7 Å². The molecule has 6 rings (SSSR count). The summed E-state index contributed by atoms with van der Waals surface area (Å²) in [5, 5.41) is 4.50. The lowest BCUT2D eigenvalue weighted by molar-refractivity contribution is -0.126. The minimum atomic E-state index is -0.962. The van der Waals surface area contributed by atoms with Crippen LogP contribution in [0.5, 0.6) is 0 Å². The lowest BCUT2D eigenvalue weighted by Crippen LogP contribution is -2.37. The van der Waals surface area contributed by atoms with E-state index < -0.39 is 24.0 Å². The summed E-state index contributed by atoms with van der Waals surface area (Å²) in [5.41, 5.74) is 1.92. The minimum Gasteiger partial charge on any atom is -0.273 e. The summed E-state index contributed by atoms with van der Waals surface area (Å²) in [6.07, 6.45) is -0.962. The van der Waals surface area contributed by atoms with Crippen LogP contribution in [0.2, 0.25) is 10.0 Å². The zero-order valence-corrected chi connectivity index (χ0v) is 19.3. The Morgan fingerprint density at radius 1 is 0.706 bits per heavy atom. The second-order valence-electron chi connectivity index (χ2n) is 8.37. The maximum absolute atomic E-state index is 13.8. The predicted octanol–water partition coefficient (Wildman–Crippen LogP) is 6.20. The van der Waals surface area contributed by atoms with Crippen LogP contribution in [0.25, 0.3) is 10.8 Å². The number of fused-ring (bicyclic) bond motifs is 2. The topological polar surface area (TPSA) is 49.9 Å². The molecule has 0 N–H and O–H groups in total. The number of nitrogens with zero attached hydrogens (tertiary/aromatic N) is 2. The Morgan fingerprint density at radius 2 is 1.44 bits per heavy atom. The van der Waals surface area contributed by atoms with Crippen molar-refractivity contribution in [3.05, 3.63) is 107 Å². The van der Waals surface area contributed by atoms with Crippen LogP contribution in [0.15, 0.2) is 91.0 Å². The number of halogens is 2. The largest absolute Gasteiger partial charge is 0.273 e. The third-order valence-electron chi connectivity index (χ3n) is 6.40. The first-order chi connectivity index (χ1) is 16.5. The summed E-state index contributed by atoms with van der Waals surface area (Å²) in [4.78, 5) is 34.7. The molecule has 0 radical (unpaired) electrons. The maximum atomic E-state index is 13.8. The quantitative estimate of drug-likeness (QED) is 0.322. The Balaban J connectivity index is 1.45. The number of amides is 2. The molecule has 34 heavy (non-hydrogen) atoms. The molecule has 4 aromatic carbocycles. The molecule has 2 heterocycles. The second-order valence-corrected chi connectivity index (χ2v) is 9.21. The standard InChI is InChI=1S/C27H18Cl2N2O3/c28-18-11-13-21(22(29)15-18)24-23-25(34-31(24)19-8-2-1-3-9-19)27(33)30(26(23)32)20-12-10-16-6-4-5-7-17(16)14-20/h1-15,23-25H/t23-,24+,25-/m1/s1. The highest BCUT2D eigenvalue weighted by Crippen LogP contribution is 2.49. The van der Waals surface area contributed by atoms with Gasteiger partial charge in [0.05, 0.1) is 17.4 Å². The van der Waals surface area contributed by atoms with E-state index in [-0.39, 0.29) is 5.91 Å². The number of hydrogen-bond donors (Lipinski definition) is 0. The predicted molar refractivity (Wildman–Crippen MR) is 133 cm³/mol. The Bertz CT molecular complexity index is 1440. The number of anilines is 2. The zero-order valence-electron chi connectivity index (χ0n) is 17.8. The highest BCUT2D eigenvalue weighted by atomic mass is 35.5. The Hall–Kier alpha value is -3.38. The lowest BCUT2D eigenvalue weighted by Gasteiger charge is -2.29. The molecule has 4 aromatic rings. The molecule has 5 nitrogen and oxygen atoms in total. The molecule has 0 spiro atoms. The van der Waals surface area contributed by atoms with Crippen molar-refractivity contribution in [1.29, 1.82) is 0 Å². The van der Waals surface area contributed by atoms with Crippen LogP contribution < -0.4 is 9.96 Å². The van der Waals surface area contributed by atoms with Crippen molar-refractivity contribution in [3.8, 4) is 0 Å². The van der Waals surface area contributed by atoms with Crippen LogP contribution in [-0.4, -0.2) is 17.9 Å². The number of rotatable bonds is 3. The third-order valence-corrected chi connectivity index (χ3v) is 6.96. The first-order valence-corrected chi connectivity index (χ1v) is 11.6. The van der Waals surface area contributed by atoms with Gasteiger partial charge in [-0.1, -0.05) is 77.8 Å². The highest BCUT2D eigenvalue weighted by molar-refractivity contribution is 6.35. The Kier molecular flexibility index (Phi) is 5.06. The van der Waals surface area contributed by atoms with Gasteiger partial charge in [0.15, 0.2) is 6.10 Å². The number of benzene rings is 4. The third kappa shape index (κ3) is 3.28. The summed E-state index contributed by atoms with van der Waals surface area (Å²) in [5.74, 6) is -1.48. The van der Waals surface area contributed by atoms with E-state index in [9.17, 15) is 9.59 Å². The number of carbonyl (C=O) groups excluding carboxylic acids is 2. The fourth-order valence-electron chi connectivity index (χ4n) is 4.84.